The van der Waals surface area contributed by atoms with Crippen LogP contribution in [-0.2, 0) is 16.0 Å². The summed E-state index contributed by atoms with van der Waals surface area (Å²) in [5.41, 5.74) is 1.36. The molecule has 0 bridgehead atoms. The van der Waals surface area contributed by atoms with E-state index in [9.17, 15) is 9.59 Å². The summed E-state index contributed by atoms with van der Waals surface area (Å²) in [5.74, 6) is 0.886. The summed E-state index contributed by atoms with van der Waals surface area (Å²) in [6.07, 6.45) is 2.47. The quantitative estimate of drug-likeness (QED) is 0.522. The van der Waals surface area contributed by atoms with Crippen molar-refractivity contribution in [3.8, 4) is 11.5 Å². The number of nitrogens with one attached hydrogen (secondary N) is 1. The molecule has 3 rings (SSSR count). The highest BCUT2D eigenvalue weighted by molar-refractivity contribution is 5.91. The number of aryl methyl sites for hydroxylation is 2. The first-order valence-corrected chi connectivity index (χ1v) is 10.5. The van der Waals surface area contributed by atoms with E-state index < -0.39 is 5.63 Å². The van der Waals surface area contributed by atoms with Crippen LogP contribution >= 0.6 is 0 Å². The Hall–Kier alpha value is -2.54. The molecule has 1 aliphatic rings. The van der Waals surface area contributed by atoms with Crippen LogP contribution in [0.4, 0.5) is 0 Å². The Balaban J connectivity index is 1.77. The second kappa shape index (κ2) is 9.08. The van der Waals surface area contributed by atoms with E-state index in [-0.39, 0.29) is 24.2 Å². The Morgan fingerprint density at radius 1 is 1.30 bits per heavy atom. The van der Waals surface area contributed by atoms with Crippen molar-refractivity contribution in [3.05, 3.63) is 33.7 Å². The Morgan fingerprint density at radius 3 is 2.80 bits per heavy atom. The third kappa shape index (κ3) is 5.33. The lowest BCUT2D eigenvalue weighted by atomic mass is 9.92. The van der Waals surface area contributed by atoms with Crippen molar-refractivity contribution in [1.82, 2.24) is 5.32 Å². The van der Waals surface area contributed by atoms with Gasteiger partial charge in [0, 0.05) is 30.8 Å². The van der Waals surface area contributed by atoms with Gasteiger partial charge in [0.2, 0.25) is 0 Å². The first kappa shape index (κ1) is 22.2. The number of carbonyl (C=O) groups is 1. The van der Waals surface area contributed by atoms with Gasteiger partial charge in [-0.15, -0.1) is 0 Å². The standard InChI is InChI=1S/C23H31NO6/c1-14(2)27-10-6-9-24-19(25)13-28-18-12-17-16(7-8-23(4,5)30-17)22-21(18)15(3)11-20(26)29-22/h11-12,14H,6-10,13H2,1-5H3,(H,24,25). The molecule has 164 valence electrons. The lowest BCUT2D eigenvalue weighted by Gasteiger charge is -2.33. The molecule has 1 aromatic carbocycles. The fraction of sp³-hybridized carbons (Fsp3) is 0.565. The normalized spacial score (nSPS) is 15.0. The molecule has 0 fully saturated rings. The molecule has 1 aliphatic heterocycles. The molecule has 0 saturated heterocycles. The van der Waals surface area contributed by atoms with Crippen molar-refractivity contribution in [3.63, 3.8) is 0 Å². The van der Waals surface area contributed by atoms with E-state index in [1.54, 1.807) is 6.07 Å². The fourth-order valence-electron chi connectivity index (χ4n) is 3.55. The van der Waals surface area contributed by atoms with Gasteiger partial charge in [0.15, 0.2) is 6.61 Å². The third-order valence-electron chi connectivity index (χ3n) is 5.06. The second-order valence-electron chi connectivity index (χ2n) is 8.58. The zero-order valence-electron chi connectivity index (χ0n) is 18.4. The summed E-state index contributed by atoms with van der Waals surface area (Å²) >= 11 is 0. The number of benzene rings is 1. The minimum Gasteiger partial charge on any atom is -0.487 e. The molecule has 7 nitrogen and oxygen atoms in total. The first-order valence-electron chi connectivity index (χ1n) is 10.5. The number of amides is 1. The summed E-state index contributed by atoms with van der Waals surface area (Å²) in [7, 11) is 0. The molecule has 0 radical (unpaired) electrons. The van der Waals surface area contributed by atoms with E-state index in [0.29, 0.717) is 35.6 Å². The second-order valence-corrected chi connectivity index (χ2v) is 8.58. The minimum absolute atomic E-state index is 0.138. The van der Waals surface area contributed by atoms with Gasteiger partial charge >= 0.3 is 5.63 Å². The molecule has 1 amide bonds. The molecule has 7 heteroatoms. The predicted octanol–water partition coefficient (Wildman–Crippen LogP) is 3.52. The summed E-state index contributed by atoms with van der Waals surface area (Å²) < 4.78 is 23.0. The lowest BCUT2D eigenvalue weighted by Crippen LogP contribution is -2.33. The Morgan fingerprint density at radius 2 is 2.07 bits per heavy atom. The number of hydrogen-bond donors (Lipinski definition) is 1. The summed E-state index contributed by atoms with van der Waals surface area (Å²) in [5, 5.41) is 3.53. The van der Waals surface area contributed by atoms with E-state index in [4.69, 9.17) is 18.6 Å². The van der Waals surface area contributed by atoms with Crippen molar-refractivity contribution in [2.45, 2.75) is 65.6 Å². The van der Waals surface area contributed by atoms with E-state index in [2.05, 4.69) is 5.32 Å². The number of hydrogen-bond acceptors (Lipinski definition) is 6. The molecule has 0 saturated carbocycles. The highest BCUT2D eigenvalue weighted by Gasteiger charge is 2.30. The Kier molecular flexibility index (Phi) is 6.71. The zero-order valence-corrected chi connectivity index (χ0v) is 18.4. The molecule has 30 heavy (non-hydrogen) atoms. The van der Waals surface area contributed by atoms with Crippen LogP contribution in [0.15, 0.2) is 21.3 Å². The molecule has 0 spiro atoms. The van der Waals surface area contributed by atoms with E-state index >= 15 is 0 Å². The van der Waals surface area contributed by atoms with Gasteiger partial charge in [0.25, 0.3) is 5.91 Å². The van der Waals surface area contributed by atoms with Crippen molar-refractivity contribution in [2.75, 3.05) is 19.8 Å². The van der Waals surface area contributed by atoms with Crippen LogP contribution in [0.25, 0.3) is 11.0 Å². The van der Waals surface area contributed by atoms with Gasteiger partial charge in [-0.05, 0) is 59.4 Å². The van der Waals surface area contributed by atoms with Gasteiger partial charge in [-0.1, -0.05) is 0 Å². The third-order valence-corrected chi connectivity index (χ3v) is 5.06. The van der Waals surface area contributed by atoms with Crippen molar-refractivity contribution >= 4 is 16.9 Å². The molecule has 0 aliphatic carbocycles. The van der Waals surface area contributed by atoms with Crippen LogP contribution in [0.1, 0.15) is 51.7 Å². The first-order chi connectivity index (χ1) is 14.2. The van der Waals surface area contributed by atoms with Crippen LogP contribution in [0.2, 0.25) is 0 Å². The lowest BCUT2D eigenvalue weighted by molar-refractivity contribution is -0.123. The number of fused-ring (bicyclic) bond motifs is 3. The van der Waals surface area contributed by atoms with Gasteiger partial charge in [-0.2, -0.15) is 0 Å². The predicted molar refractivity (Wildman–Crippen MR) is 114 cm³/mol. The van der Waals surface area contributed by atoms with E-state index in [0.717, 1.165) is 30.4 Å². The molecule has 2 aromatic rings. The van der Waals surface area contributed by atoms with E-state index in [1.807, 2.05) is 34.6 Å². The minimum atomic E-state index is -0.412. The molecule has 2 heterocycles. The zero-order chi connectivity index (χ0) is 21.9. The topological polar surface area (TPSA) is 87.0 Å². The fourth-order valence-corrected chi connectivity index (χ4v) is 3.55. The average molecular weight is 418 g/mol. The maximum Gasteiger partial charge on any atom is 0.336 e. The summed E-state index contributed by atoms with van der Waals surface area (Å²) in [4.78, 5) is 24.2. The van der Waals surface area contributed by atoms with Crippen LogP contribution in [0, 0.1) is 6.92 Å². The molecule has 1 aromatic heterocycles. The van der Waals surface area contributed by atoms with E-state index in [1.165, 1.54) is 6.07 Å². The van der Waals surface area contributed by atoms with Crippen LogP contribution in [0.5, 0.6) is 11.5 Å². The smallest absolute Gasteiger partial charge is 0.336 e. The van der Waals surface area contributed by atoms with Crippen molar-refractivity contribution in [2.24, 2.45) is 0 Å². The largest absolute Gasteiger partial charge is 0.487 e. The van der Waals surface area contributed by atoms with Crippen LogP contribution in [0.3, 0.4) is 0 Å². The highest BCUT2D eigenvalue weighted by Crippen LogP contribution is 2.42. The van der Waals surface area contributed by atoms with Gasteiger partial charge in [-0.25, -0.2) is 4.79 Å². The van der Waals surface area contributed by atoms with Crippen LogP contribution in [-0.4, -0.2) is 37.4 Å². The van der Waals surface area contributed by atoms with Crippen LogP contribution < -0.4 is 20.4 Å². The SMILES string of the molecule is Cc1cc(=O)oc2c3c(cc(OCC(=O)NCCCOC(C)C)c12)OC(C)(C)CC3. The maximum atomic E-state index is 12.2. The molecule has 0 atom stereocenters. The van der Waals surface area contributed by atoms with Gasteiger partial charge in [-0.3, -0.25) is 4.79 Å². The van der Waals surface area contributed by atoms with Crippen molar-refractivity contribution in [1.29, 1.82) is 0 Å². The summed E-state index contributed by atoms with van der Waals surface area (Å²) in [6.45, 7) is 10.8. The Bertz CT molecular complexity index is 976. The van der Waals surface area contributed by atoms with Gasteiger partial charge < -0.3 is 23.9 Å². The molecule has 1 N–H and O–H groups in total. The highest BCUT2D eigenvalue weighted by atomic mass is 16.5. The Labute approximate surface area is 176 Å². The number of ether oxygens (including phenoxy) is 3. The van der Waals surface area contributed by atoms with Crippen molar-refractivity contribution < 1.29 is 23.4 Å². The maximum absolute atomic E-state index is 12.2. The van der Waals surface area contributed by atoms with Gasteiger partial charge in [0.05, 0.1) is 11.5 Å². The molecule has 0 unspecified atom stereocenters. The van der Waals surface area contributed by atoms with Gasteiger partial charge in [0.1, 0.15) is 22.7 Å². The molecular formula is C23H31NO6. The number of rotatable bonds is 8. The monoisotopic (exact) mass is 417 g/mol. The summed E-state index contributed by atoms with van der Waals surface area (Å²) in [6, 6.07) is 3.24. The molecular weight excluding hydrogens is 386 g/mol. The average Bonchev–Trinajstić information content (AvgIpc) is 2.64. The number of carbonyl (C=O) groups excluding carboxylic acids is 1.